The van der Waals surface area contributed by atoms with Crippen LogP contribution in [0.1, 0.15) is 42.4 Å². The number of urea groups is 2. The van der Waals surface area contributed by atoms with Crippen LogP contribution in [-0.4, -0.2) is 85.5 Å². The molecule has 0 saturated carbocycles. The Bertz CT molecular complexity index is 1360. The summed E-state index contributed by atoms with van der Waals surface area (Å²) < 4.78 is 94.6. The minimum atomic E-state index is -5.10. The van der Waals surface area contributed by atoms with Crippen LogP contribution in [0.15, 0.2) is 42.5 Å². The third-order valence-corrected chi connectivity index (χ3v) is 8.40. The Hall–Kier alpha value is -4.04. The van der Waals surface area contributed by atoms with Gasteiger partial charge in [0.2, 0.25) is 5.91 Å². The molecule has 0 spiro atoms. The molecule has 4 rings (SSSR count). The largest absolute Gasteiger partial charge is 0.416 e. The molecule has 2 heterocycles. The Labute approximate surface area is 255 Å². The number of alkyl halides is 6. The molecule has 0 aliphatic carbocycles. The van der Waals surface area contributed by atoms with E-state index in [1.54, 1.807) is 16.7 Å². The fourth-order valence-electron chi connectivity index (χ4n) is 5.87. The number of hydrogen-bond donors (Lipinski definition) is 1. The molecule has 2 atom stereocenters. The quantitative estimate of drug-likeness (QED) is 0.419. The predicted molar refractivity (Wildman–Crippen MR) is 151 cm³/mol. The zero-order chi connectivity index (χ0) is 33.3. The number of anilines is 1. The second-order valence-electron chi connectivity index (χ2n) is 11.3. The molecular weight excluding hydrogens is 611 g/mol. The van der Waals surface area contributed by atoms with Crippen LogP contribution in [-0.2, 0) is 17.1 Å². The number of benzene rings is 2. The second kappa shape index (κ2) is 13.1. The lowest BCUT2D eigenvalue weighted by Crippen LogP contribution is -2.49. The number of likely N-dealkylation sites (tertiary alicyclic amines) is 2. The van der Waals surface area contributed by atoms with Gasteiger partial charge in [-0.1, -0.05) is 12.1 Å². The molecule has 0 radical (unpaired) electrons. The highest BCUT2D eigenvalue weighted by atomic mass is 19.4. The summed E-state index contributed by atoms with van der Waals surface area (Å²) in [6, 6.07) is 4.54. The molecule has 8 nitrogen and oxygen atoms in total. The summed E-state index contributed by atoms with van der Waals surface area (Å²) >= 11 is 0. The van der Waals surface area contributed by atoms with Crippen LogP contribution in [0.2, 0.25) is 0 Å². The first-order valence-corrected chi connectivity index (χ1v) is 14.4. The lowest BCUT2D eigenvalue weighted by Gasteiger charge is -2.34. The van der Waals surface area contributed by atoms with Gasteiger partial charge in [0, 0.05) is 64.3 Å². The van der Waals surface area contributed by atoms with Crippen LogP contribution >= 0.6 is 0 Å². The average molecular weight is 646 g/mol. The number of hydrogen-bond acceptors (Lipinski definition) is 3. The number of carbonyl (C=O) groups is 3. The van der Waals surface area contributed by atoms with Crippen LogP contribution in [0.25, 0.3) is 0 Å². The molecule has 0 unspecified atom stereocenters. The van der Waals surface area contributed by atoms with E-state index in [4.69, 9.17) is 0 Å². The number of nitrogens with zero attached hydrogens (tertiary/aromatic N) is 4. The summed E-state index contributed by atoms with van der Waals surface area (Å²) in [5.41, 5.74) is -3.13. The predicted octanol–water partition coefficient (Wildman–Crippen LogP) is 5.79. The number of likely N-dealkylation sites (N-methyl/N-ethyl adjacent to an activating group) is 1. The Morgan fingerprint density at radius 2 is 1.42 bits per heavy atom. The summed E-state index contributed by atoms with van der Waals surface area (Å²) in [5.74, 6) is -1.62. The highest BCUT2D eigenvalue weighted by Gasteiger charge is 2.43. The number of nitrogens with one attached hydrogen (secondary N) is 1. The molecular formula is C30H34F7N5O3. The summed E-state index contributed by atoms with van der Waals surface area (Å²) in [7, 11) is 2.43. The van der Waals surface area contributed by atoms with E-state index in [9.17, 15) is 45.1 Å². The number of carbonyl (C=O) groups excluding carboxylic acids is 3. The van der Waals surface area contributed by atoms with Crippen LogP contribution in [0.4, 0.5) is 46.0 Å². The van der Waals surface area contributed by atoms with Crippen molar-refractivity contribution in [1.82, 2.24) is 20.0 Å². The molecule has 1 N–H and O–H groups in total. The fourth-order valence-corrected chi connectivity index (χ4v) is 5.87. The Morgan fingerprint density at radius 3 is 1.93 bits per heavy atom. The van der Waals surface area contributed by atoms with Gasteiger partial charge in [-0.05, 0) is 55.7 Å². The summed E-state index contributed by atoms with van der Waals surface area (Å²) in [6.07, 6.45) is -9.34. The van der Waals surface area contributed by atoms with Crippen molar-refractivity contribution >= 4 is 23.7 Å². The van der Waals surface area contributed by atoms with Crippen molar-refractivity contribution in [2.24, 2.45) is 5.92 Å². The zero-order valence-corrected chi connectivity index (χ0v) is 24.9. The molecule has 0 bridgehead atoms. The third kappa shape index (κ3) is 7.61. The highest BCUT2D eigenvalue weighted by Crippen LogP contribution is 2.39. The van der Waals surface area contributed by atoms with Crippen molar-refractivity contribution in [3.63, 3.8) is 0 Å². The van der Waals surface area contributed by atoms with E-state index >= 15 is 0 Å². The summed E-state index contributed by atoms with van der Waals surface area (Å²) in [6.45, 7) is 3.20. The molecule has 246 valence electrons. The molecule has 45 heavy (non-hydrogen) atoms. The van der Waals surface area contributed by atoms with E-state index < -0.39 is 58.9 Å². The molecule has 0 aromatic heterocycles. The Kier molecular flexibility index (Phi) is 9.88. The maximum absolute atomic E-state index is 13.7. The Balaban J connectivity index is 1.58. The van der Waals surface area contributed by atoms with E-state index in [0.29, 0.717) is 55.1 Å². The van der Waals surface area contributed by atoms with E-state index in [1.807, 2.05) is 0 Å². The molecule has 2 aromatic rings. The van der Waals surface area contributed by atoms with Crippen molar-refractivity contribution in [3.05, 3.63) is 65.0 Å². The van der Waals surface area contributed by atoms with E-state index in [-0.39, 0.29) is 31.1 Å². The molecule has 2 aliphatic rings. The van der Waals surface area contributed by atoms with Crippen LogP contribution in [0, 0.1) is 11.7 Å². The minimum Gasteiger partial charge on any atom is -0.340 e. The number of amides is 5. The van der Waals surface area contributed by atoms with E-state index in [2.05, 4.69) is 5.32 Å². The van der Waals surface area contributed by atoms with Crippen LogP contribution < -0.4 is 10.2 Å². The smallest absolute Gasteiger partial charge is 0.340 e. The maximum atomic E-state index is 13.7. The van der Waals surface area contributed by atoms with Crippen LogP contribution in [0.5, 0.6) is 0 Å². The monoisotopic (exact) mass is 645 g/mol. The molecule has 2 aromatic carbocycles. The van der Waals surface area contributed by atoms with E-state index in [0.717, 1.165) is 7.05 Å². The third-order valence-electron chi connectivity index (χ3n) is 8.40. The molecule has 15 heteroatoms. The molecule has 2 aliphatic heterocycles. The number of halogens is 7. The number of piperidine rings is 1. The first-order valence-electron chi connectivity index (χ1n) is 14.4. The van der Waals surface area contributed by atoms with Gasteiger partial charge in [-0.15, -0.1) is 0 Å². The molecule has 5 amide bonds. The molecule has 2 saturated heterocycles. The first kappa shape index (κ1) is 33.8. The van der Waals surface area contributed by atoms with Gasteiger partial charge in [0.1, 0.15) is 5.82 Å². The average Bonchev–Trinajstić information content (AvgIpc) is 3.44. The van der Waals surface area contributed by atoms with Crippen molar-refractivity contribution < 1.29 is 45.1 Å². The summed E-state index contributed by atoms with van der Waals surface area (Å²) in [5, 5.41) is 2.72. The topological polar surface area (TPSA) is 76.2 Å². The van der Waals surface area contributed by atoms with Crippen molar-refractivity contribution in [2.45, 2.75) is 44.1 Å². The normalized spacial score (nSPS) is 19.4. The van der Waals surface area contributed by atoms with Crippen molar-refractivity contribution in [3.8, 4) is 0 Å². The number of rotatable bonds is 5. The lowest BCUT2D eigenvalue weighted by atomic mass is 9.93. The van der Waals surface area contributed by atoms with Gasteiger partial charge >= 0.3 is 24.4 Å². The van der Waals surface area contributed by atoms with Crippen molar-refractivity contribution in [2.75, 3.05) is 51.7 Å². The summed E-state index contributed by atoms with van der Waals surface area (Å²) in [4.78, 5) is 44.5. The van der Waals surface area contributed by atoms with Gasteiger partial charge in [-0.2, -0.15) is 26.3 Å². The van der Waals surface area contributed by atoms with Gasteiger partial charge in [0.05, 0.1) is 17.2 Å². The van der Waals surface area contributed by atoms with Crippen molar-refractivity contribution in [1.29, 1.82) is 0 Å². The SMILES string of the molecule is CCNC(=O)N1CCC(C(=O)N2C[C@@H](N(C)C(=O)N(C)c3cc(C(F)(F)F)cc(C(F)(F)F)c3)[C@H](c3ccc(F)cc3)C2)CC1. The van der Waals surface area contributed by atoms with Gasteiger partial charge in [0.15, 0.2) is 0 Å². The van der Waals surface area contributed by atoms with Gasteiger partial charge in [-0.3, -0.25) is 9.69 Å². The second-order valence-corrected chi connectivity index (χ2v) is 11.3. The fraction of sp³-hybridized carbons (Fsp3) is 0.500. The van der Waals surface area contributed by atoms with Gasteiger partial charge in [-0.25, -0.2) is 14.0 Å². The highest BCUT2D eigenvalue weighted by molar-refractivity contribution is 5.92. The lowest BCUT2D eigenvalue weighted by molar-refractivity contribution is -0.143. The van der Waals surface area contributed by atoms with Gasteiger partial charge in [0.25, 0.3) is 0 Å². The standard InChI is InChI=1S/C30H34F7N5O3/c1-4-38-27(44)41-11-9-19(10-12-41)26(43)42-16-24(18-5-7-22(31)8-6-18)25(17-42)40(3)28(45)39(2)23-14-20(29(32,33)34)13-21(15-23)30(35,36)37/h5-8,13-15,19,24-25H,4,9-12,16-17H2,1-3H3,(H,38,44)/t24-,25+/m0/s1. The first-order chi connectivity index (χ1) is 21.0. The van der Waals surface area contributed by atoms with Crippen LogP contribution in [0.3, 0.4) is 0 Å². The Morgan fingerprint density at radius 1 is 0.867 bits per heavy atom. The molecule has 2 fully saturated rings. The van der Waals surface area contributed by atoms with E-state index in [1.165, 1.54) is 36.2 Å². The zero-order valence-electron chi connectivity index (χ0n) is 24.9. The van der Waals surface area contributed by atoms with Gasteiger partial charge < -0.3 is 20.0 Å². The minimum absolute atomic E-state index is 0.0166. The maximum Gasteiger partial charge on any atom is 0.416 e.